The van der Waals surface area contributed by atoms with Gasteiger partial charge in [-0.3, -0.25) is 0 Å². The molecule has 1 atom stereocenters. The molecule has 0 bridgehead atoms. The summed E-state index contributed by atoms with van der Waals surface area (Å²) in [6.07, 6.45) is 4.92. The van der Waals surface area contributed by atoms with Gasteiger partial charge >= 0.3 is 0 Å². The third-order valence-corrected chi connectivity index (χ3v) is 4.59. The zero-order valence-corrected chi connectivity index (χ0v) is 14.5. The number of ether oxygens (including phenoxy) is 1. The second-order valence-corrected chi connectivity index (χ2v) is 6.38. The van der Waals surface area contributed by atoms with Crippen molar-refractivity contribution in [3.8, 4) is 0 Å². The molecule has 0 amide bonds. The standard InChI is InChI=1S/C17H25N5O2/c1-12-10-15(20-14(19-12)11-24-3)22-7-4-13(5-8-22)16(23)17-18-6-9-21(17)2/h6,9-10,13,16,23H,4-5,7-8,11H2,1-3H3. The van der Waals surface area contributed by atoms with Crippen molar-refractivity contribution in [1.29, 1.82) is 0 Å². The second kappa shape index (κ2) is 7.27. The molecule has 3 rings (SSSR count). The fourth-order valence-electron chi connectivity index (χ4n) is 3.29. The maximum Gasteiger partial charge on any atom is 0.156 e. The van der Waals surface area contributed by atoms with E-state index < -0.39 is 6.10 Å². The number of hydrogen-bond acceptors (Lipinski definition) is 6. The molecule has 1 fully saturated rings. The molecule has 24 heavy (non-hydrogen) atoms. The molecule has 1 saturated heterocycles. The van der Waals surface area contributed by atoms with Gasteiger partial charge in [-0.2, -0.15) is 0 Å². The summed E-state index contributed by atoms with van der Waals surface area (Å²) < 4.78 is 7.03. The minimum atomic E-state index is -0.511. The summed E-state index contributed by atoms with van der Waals surface area (Å²) in [5.41, 5.74) is 0.946. The van der Waals surface area contributed by atoms with Gasteiger partial charge in [0.1, 0.15) is 24.4 Å². The molecule has 0 saturated carbocycles. The Bertz CT molecular complexity index is 679. The van der Waals surface area contributed by atoms with Crippen LogP contribution in [0.15, 0.2) is 18.5 Å². The van der Waals surface area contributed by atoms with Crippen molar-refractivity contribution in [1.82, 2.24) is 19.5 Å². The molecule has 130 valence electrons. The number of aromatic nitrogens is 4. The van der Waals surface area contributed by atoms with Gasteiger partial charge in [0.15, 0.2) is 5.82 Å². The molecule has 1 N–H and O–H groups in total. The van der Waals surface area contributed by atoms with E-state index in [1.807, 2.05) is 30.8 Å². The average molecular weight is 331 g/mol. The van der Waals surface area contributed by atoms with E-state index >= 15 is 0 Å². The van der Waals surface area contributed by atoms with Crippen molar-refractivity contribution in [2.24, 2.45) is 13.0 Å². The molecule has 2 aromatic rings. The minimum absolute atomic E-state index is 0.226. The van der Waals surface area contributed by atoms with Crippen LogP contribution in [0.2, 0.25) is 0 Å². The van der Waals surface area contributed by atoms with E-state index in [9.17, 15) is 5.11 Å². The van der Waals surface area contributed by atoms with Crippen LogP contribution in [0.25, 0.3) is 0 Å². The lowest BCUT2D eigenvalue weighted by molar-refractivity contribution is 0.0824. The Hall–Kier alpha value is -1.99. The van der Waals surface area contributed by atoms with Gasteiger partial charge in [-0.15, -0.1) is 0 Å². The number of aryl methyl sites for hydroxylation is 2. The number of hydrogen-bond donors (Lipinski definition) is 1. The number of methoxy groups -OCH3 is 1. The molecule has 1 unspecified atom stereocenters. The van der Waals surface area contributed by atoms with Crippen LogP contribution in [-0.2, 0) is 18.4 Å². The molecular formula is C17H25N5O2. The molecule has 2 aromatic heterocycles. The second-order valence-electron chi connectivity index (χ2n) is 6.38. The number of anilines is 1. The molecule has 7 nitrogen and oxygen atoms in total. The van der Waals surface area contributed by atoms with Gasteiger partial charge in [-0.05, 0) is 25.7 Å². The van der Waals surface area contributed by atoms with E-state index in [-0.39, 0.29) is 5.92 Å². The molecule has 3 heterocycles. The van der Waals surface area contributed by atoms with Crippen LogP contribution in [0.5, 0.6) is 0 Å². The number of piperidine rings is 1. The molecule has 7 heteroatoms. The Labute approximate surface area is 142 Å². The first-order valence-electron chi connectivity index (χ1n) is 8.32. The van der Waals surface area contributed by atoms with Gasteiger partial charge in [0, 0.05) is 51.4 Å². The van der Waals surface area contributed by atoms with Crippen molar-refractivity contribution in [2.75, 3.05) is 25.1 Å². The lowest BCUT2D eigenvalue weighted by Gasteiger charge is -2.34. The van der Waals surface area contributed by atoms with Gasteiger partial charge in [0.2, 0.25) is 0 Å². The number of aliphatic hydroxyl groups excluding tert-OH is 1. The third-order valence-electron chi connectivity index (χ3n) is 4.59. The maximum absolute atomic E-state index is 10.6. The van der Waals surface area contributed by atoms with Crippen LogP contribution < -0.4 is 4.90 Å². The lowest BCUT2D eigenvalue weighted by atomic mass is 9.90. The number of nitrogens with zero attached hydrogens (tertiary/aromatic N) is 5. The summed E-state index contributed by atoms with van der Waals surface area (Å²) in [6, 6.07) is 2.01. The molecule has 0 aliphatic carbocycles. The lowest BCUT2D eigenvalue weighted by Crippen LogP contribution is -2.36. The van der Waals surface area contributed by atoms with Gasteiger partial charge in [-0.1, -0.05) is 0 Å². The summed E-state index contributed by atoms with van der Waals surface area (Å²) in [5, 5.41) is 10.6. The Balaban J connectivity index is 1.66. The van der Waals surface area contributed by atoms with Crippen LogP contribution in [0.1, 0.15) is 36.3 Å². The van der Waals surface area contributed by atoms with Gasteiger partial charge in [0.05, 0.1) is 0 Å². The highest BCUT2D eigenvalue weighted by Gasteiger charge is 2.29. The molecular weight excluding hydrogens is 306 g/mol. The predicted octanol–water partition coefficient (Wildman–Crippen LogP) is 1.61. The van der Waals surface area contributed by atoms with Crippen molar-refractivity contribution in [2.45, 2.75) is 32.5 Å². The maximum atomic E-state index is 10.6. The fraction of sp³-hybridized carbons (Fsp3) is 0.588. The average Bonchev–Trinajstić information content (AvgIpc) is 3.00. The fourth-order valence-corrected chi connectivity index (χ4v) is 3.29. The van der Waals surface area contributed by atoms with Crippen LogP contribution in [0.3, 0.4) is 0 Å². The largest absolute Gasteiger partial charge is 0.385 e. The van der Waals surface area contributed by atoms with Crippen LogP contribution in [0.4, 0.5) is 5.82 Å². The molecule has 1 aliphatic rings. The Morgan fingerprint density at radius 2 is 2.08 bits per heavy atom. The van der Waals surface area contributed by atoms with Crippen molar-refractivity contribution in [3.05, 3.63) is 35.8 Å². The van der Waals surface area contributed by atoms with Crippen molar-refractivity contribution < 1.29 is 9.84 Å². The first kappa shape index (κ1) is 16.9. The summed E-state index contributed by atoms with van der Waals surface area (Å²) in [5.74, 6) is 2.62. The van der Waals surface area contributed by atoms with Crippen LogP contribution in [-0.4, -0.2) is 44.8 Å². The van der Waals surface area contributed by atoms with E-state index in [2.05, 4.69) is 19.9 Å². The highest BCUT2D eigenvalue weighted by atomic mass is 16.5. The van der Waals surface area contributed by atoms with Gasteiger partial charge in [0.25, 0.3) is 0 Å². The topological polar surface area (TPSA) is 76.3 Å². The molecule has 1 aliphatic heterocycles. The zero-order valence-electron chi connectivity index (χ0n) is 14.5. The van der Waals surface area contributed by atoms with E-state index in [4.69, 9.17) is 4.74 Å². The quantitative estimate of drug-likeness (QED) is 0.897. The van der Waals surface area contributed by atoms with E-state index in [0.29, 0.717) is 12.4 Å². The number of imidazole rings is 1. The van der Waals surface area contributed by atoms with Crippen LogP contribution in [0, 0.1) is 12.8 Å². The van der Waals surface area contributed by atoms with E-state index in [1.54, 1.807) is 13.3 Å². The molecule has 0 aromatic carbocycles. The molecule has 0 spiro atoms. The summed E-state index contributed by atoms with van der Waals surface area (Å²) in [7, 11) is 3.57. The summed E-state index contributed by atoms with van der Waals surface area (Å²) >= 11 is 0. The first-order chi connectivity index (χ1) is 11.6. The van der Waals surface area contributed by atoms with E-state index in [1.165, 1.54) is 0 Å². The SMILES string of the molecule is COCc1nc(C)cc(N2CCC(C(O)c3nccn3C)CC2)n1. The monoisotopic (exact) mass is 331 g/mol. The summed E-state index contributed by atoms with van der Waals surface area (Å²) in [4.78, 5) is 15.5. The predicted molar refractivity (Wildman–Crippen MR) is 90.6 cm³/mol. The Kier molecular flexibility index (Phi) is 5.11. The number of rotatable bonds is 5. The summed E-state index contributed by atoms with van der Waals surface area (Å²) in [6.45, 7) is 4.13. The Morgan fingerprint density at radius 3 is 2.71 bits per heavy atom. The normalized spacial score (nSPS) is 17.2. The first-order valence-corrected chi connectivity index (χ1v) is 8.32. The third kappa shape index (κ3) is 3.57. The minimum Gasteiger partial charge on any atom is -0.385 e. The van der Waals surface area contributed by atoms with Gasteiger partial charge < -0.3 is 19.3 Å². The smallest absolute Gasteiger partial charge is 0.156 e. The highest BCUT2D eigenvalue weighted by Crippen LogP contribution is 2.31. The number of aliphatic hydroxyl groups is 1. The van der Waals surface area contributed by atoms with Crippen LogP contribution >= 0.6 is 0 Å². The zero-order chi connectivity index (χ0) is 17.1. The van der Waals surface area contributed by atoms with Crippen molar-refractivity contribution in [3.63, 3.8) is 0 Å². The molecule has 0 radical (unpaired) electrons. The highest BCUT2D eigenvalue weighted by molar-refractivity contribution is 5.40. The van der Waals surface area contributed by atoms with E-state index in [0.717, 1.165) is 43.3 Å². The van der Waals surface area contributed by atoms with Gasteiger partial charge in [-0.25, -0.2) is 15.0 Å². The van der Waals surface area contributed by atoms with Crippen molar-refractivity contribution >= 4 is 5.82 Å². The Morgan fingerprint density at radius 1 is 1.33 bits per heavy atom.